The Morgan fingerprint density at radius 1 is 1.35 bits per heavy atom. The first-order valence-electron chi connectivity index (χ1n) is 7.64. The van der Waals surface area contributed by atoms with Crippen LogP contribution in [0.5, 0.6) is 0 Å². The average molecular weight is 269 g/mol. The van der Waals surface area contributed by atoms with Gasteiger partial charge in [-0.15, -0.1) is 0 Å². The maximum absolute atomic E-state index is 4.71. The molecular weight excluding hydrogens is 246 g/mol. The average Bonchev–Trinajstić information content (AvgIpc) is 2.95. The Morgan fingerprint density at radius 2 is 2.20 bits per heavy atom. The van der Waals surface area contributed by atoms with Crippen LogP contribution in [0, 0.1) is 0 Å². The zero-order chi connectivity index (χ0) is 13.9. The van der Waals surface area contributed by atoms with Gasteiger partial charge in [0, 0.05) is 30.4 Å². The number of anilines is 1. The second-order valence-electron chi connectivity index (χ2n) is 5.79. The summed E-state index contributed by atoms with van der Waals surface area (Å²) in [6.07, 6.45) is 6.60. The standard InChI is InChI=1S/C17H23N3/c1-3-13(2)20-11-10-16(19-20)12-15-9-8-14-6-4-5-7-17(14)18-15/h4-7,10-11,13,15,18H,3,8-9,12H2,1-2H3. The minimum atomic E-state index is 0.490. The Kier molecular flexibility index (Phi) is 3.77. The van der Waals surface area contributed by atoms with Gasteiger partial charge in [-0.3, -0.25) is 4.68 Å². The molecule has 2 atom stereocenters. The van der Waals surface area contributed by atoms with Crippen molar-refractivity contribution < 1.29 is 0 Å². The molecule has 1 N–H and O–H groups in total. The zero-order valence-electron chi connectivity index (χ0n) is 12.3. The number of fused-ring (bicyclic) bond motifs is 1. The lowest BCUT2D eigenvalue weighted by atomic mass is 9.95. The molecule has 0 spiro atoms. The van der Waals surface area contributed by atoms with Gasteiger partial charge in [-0.1, -0.05) is 25.1 Å². The first-order valence-corrected chi connectivity index (χ1v) is 7.64. The summed E-state index contributed by atoms with van der Waals surface area (Å²) in [4.78, 5) is 0. The van der Waals surface area contributed by atoms with E-state index in [1.165, 1.54) is 29.8 Å². The van der Waals surface area contributed by atoms with E-state index in [0.29, 0.717) is 12.1 Å². The van der Waals surface area contributed by atoms with Crippen LogP contribution in [-0.4, -0.2) is 15.8 Å². The number of aromatic nitrogens is 2. The summed E-state index contributed by atoms with van der Waals surface area (Å²) in [5, 5.41) is 8.36. The summed E-state index contributed by atoms with van der Waals surface area (Å²) in [6, 6.07) is 11.8. The predicted molar refractivity (Wildman–Crippen MR) is 83.1 cm³/mol. The largest absolute Gasteiger partial charge is 0.382 e. The highest BCUT2D eigenvalue weighted by atomic mass is 15.3. The van der Waals surface area contributed by atoms with Crippen LogP contribution in [-0.2, 0) is 12.8 Å². The van der Waals surface area contributed by atoms with Crippen molar-refractivity contribution in [2.24, 2.45) is 0 Å². The molecule has 0 bridgehead atoms. The first kappa shape index (κ1) is 13.2. The van der Waals surface area contributed by atoms with Gasteiger partial charge in [-0.05, 0) is 43.9 Å². The Bertz CT molecular complexity index is 573. The van der Waals surface area contributed by atoms with Gasteiger partial charge in [-0.25, -0.2) is 0 Å². The van der Waals surface area contributed by atoms with E-state index in [4.69, 9.17) is 5.10 Å². The number of benzene rings is 1. The van der Waals surface area contributed by atoms with Gasteiger partial charge in [0.25, 0.3) is 0 Å². The number of hydrogen-bond acceptors (Lipinski definition) is 2. The monoisotopic (exact) mass is 269 g/mol. The van der Waals surface area contributed by atoms with Crippen LogP contribution < -0.4 is 5.32 Å². The molecular formula is C17H23N3. The number of nitrogens with zero attached hydrogens (tertiary/aromatic N) is 2. The van der Waals surface area contributed by atoms with E-state index in [-0.39, 0.29) is 0 Å². The fourth-order valence-corrected chi connectivity index (χ4v) is 2.83. The fraction of sp³-hybridized carbons (Fsp3) is 0.471. The molecule has 3 rings (SSSR count). The molecule has 0 saturated heterocycles. The van der Waals surface area contributed by atoms with E-state index >= 15 is 0 Å². The lowest BCUT2D eigenvalue weighted by Gasteiger charge is -2.26. The second kappa shape index (κ2) is 5.70. The van der Waals surface area contributed by atoms with Crippen molar-refractivity contribution in [3.8, 4) is 0 Å². The molecule has 2 aromatic rings. The van der Waals surface area contributed by atoms with Gasteiger partial charge >= 0.3 is 0 Å². The molecule has 0 amide bonds. The SMILES string of the molecule is CCC(C)n1ccc(CC2CCc3ccccc3N2)n1. The second-order valence-corrected chi connectivity index (χ2v) is 5.79. The third-order valence-corrected chi connectivity index (χ3v) is 4.30. The van der Waals surface area contributed by atoms with Gasteiger partial charge in [0.1, 0.15) is 0 Å². The Labute approximate surface area is 121 Å². The number of para-hydroxylation sites is 1. The number of nitrogens with one attached hydrogen (secondary N) is 1. The maximum atomic E-state index is 4.71. The van der Waals surface area contributed by atoms with Gasteiger partial charge in [0.15, 0.2) is 0 Å². The minimum absolute atomic E-state index is 0.490. The van der Waals surface area contributed by atoms with Crippen molar-refractivity contribution in [2.75, 3.05) is 5.32 Å². The predicted octanol–water partition coefficient (Wildman–Crippen LogP) is 3.82. The molecule has 1 aliphatic heterocycles. The highest BCUT2D eigenvalue weighted by Crippen LogP contribution is 2.25. The van der Waals surface area contributed by atoms with Gasteiger partial charge in [0.05, 0.1) is 5.69 Å². The Morgan fingerprint density at radius 3 is 3.05 bits per heavy atom. The lowest BCUT2D eigenvalue weighted by molar-refractivity contribution is 0.471. The van der Waals surface area contributed by atoms with E-state index in [0.717, 1.165) is 12.8 Å². The van der Waals surface area contributed by atoms with Crippen LogP contribution in [0.25, 0.3) is 0 Å². The summed E-state index contributed by atoms with van der Waals surface area (Å²) >= 11 is 0. The Balaban J connectivity index is 1.66. The molecule has 0 fully saturated rings. The number of aryl methyl sites for hydroxylation is 1. The van der Waals surface area contributed by atoms with Crippen molar-refractivity contribution >= 4 is 5.69 Å². The van der Waals surface area contributed by atoms with Crippen molar-refractivity contribution in [1.29, 1.82) is 0 Å². The van der Waals surface area contributed by atoms with Crippen LogP contribution in [0.1, 0.15) is 44.0 Å². The smallest absolute Gasteiger partial charge is 0.0645 e. The molecule has 1 aliphatic rings. The quantitative estimate of drug-likeness (QED) is 0.914. The molecule has 0 radical (unpaired) electrons. The molecule has 106 valence electrons. The minimum Gasteiger partial charge on any atom is -0.382 e. The molecule has 0 aliphatic carbocycles. The van der Waals surface area contributed by atoms with Crippen LogP contribution in [0.3, 0.4) is 0 Å². The molecule has 0 saturated carbocycles. The van der Waals surface area contributed by atoms with Crippen LogP contribution in [0.4, 0.5) is 5.69 Å². The highest BCUT2D eigenvalue weighted by molar-refractivity contribution is 5.53. The molecule has 3 nitrogen and oxygen atoms in total. The van der Waals surface area contributed by atoms with Crippen molar-refractivity contribution in [1.82, 2.24) is 9.78 Å². The Hall–Kier alpha value is -1.77. The van der Waals surface area contributed by atoms with Crippen LogP contribution in [0.2, 0.25) is 0 Å². The van der Waals surface area contributed by atoms with Crippen molar-refractivity contribution in [3.63, 3.8) is 0 Å². The first-order chi connectivity index (χ1) is 9.76. The summed E-state index contributed by atoms with van der Waals surface area (Å²) < 4.78 is 2.09. The molecule has 20 heavy (non-hydrogen) atoms. The van der Waals surface area contributed by atoms with Crippen LogP contribution in [0.15, 0.2) is 36.5 Å². The fourth-order valence-electron chi connectivity index (χ4n) is 2.83. The highest BCUT2D eigenvalue weighted by Gasteiger charge is 2.18. The third-order valence-electron chi connectivity index (χ3n) is 4.30. The topological polar surface area (TPSA) is 29.9 Å². The van der Waals surface area contributed by atoms with Crippen molar-refractivity contribution in [2.45, 2.75) is 51.6 Å². The molecule has 1 aromatic carbocycles. The maximum Gasteiger partial charge on any atom is 0.0645 e. The van der Waals surface area contributed by atoms with E-state index in [1.54, 1.807) is 0 Å². The summed E-state index contributed by atoms with van der Waals surface area (Å²) in [6.45, 7) is 4.41. The van der Waals surface area contributed by atoms with E-state index < -0.39 is 0 Å². The van der Waals surface area contributed by atoms with E-state index in [1.807, 2.05) is 0 Å². The van der Waals surface area contributed by atoms with Gasteiger partial charge in [0.2, 0.25) is 0 Å². The number of hydrogen-bond donors (Lipinski definition) is 1. The zero-order valence-corrected chi connectivity index (χ0v) is 12.3. The summed E-state index contributed by atoms with van der Waals surface area (Å²) in [5.74, 6) is 0. The van der Waals surface area contributed by atoms with Crippen LogP contribution >= 0.6 is 0 Å². The van der Waals surface area contributed by atoms with Gasteiger partial charge < -0.3 is 5.32 Å². The third kappa shape index (κ3) is 2.72. The normalized spacial score (nSPS) is 19.2. The molecule has 2 heterocycles. The van der Waals surface area contributed by atoms with Crippen molar-refractivity contribution in [3.05, 3.63) is 47.8 Å². The molecule has 3 heteroatoms. The lowest BCUT2D eigenvalue weighted by Crippen LogP contribution is -2.27. The summed E-state index contributed by atoms with van der Waals surface area (Å²) in [7, 11) is 0. The molecule has 2 unspecified atom stereocenters. The molecule has 1 aromatic heterocycles. The number of rotatable bonds is 4. The summed E-state index contributed by atoms with van der Waals surface area (Å²) in [5.41, 5.74) is 3.93. The van der Waals surface area contributed by atoms with E-state index in [9.17, 15) is 0 Å². The van der Waals surface area contributed by atoms with E-state index in [2.05, 4.69) is 60.4 Å². The van der Waals surface area contributed by atoms with Gasteiger partial charge in [-0.2, -0.15) is 5.10 Å².